The number of hydrogen-bond acceptors (Lipinski definition) is 6. The van der Waals surface area contributed by atoms with Gasteiger partial charge in [0.15, 0.2) is 4.88 Å². The summed E-state index contributed by atoms with van der Waals surface area (Å²) in [4.78, 5) is 16.8. The van der Waals surface area contributed by atoms with E-state index in [-0.39, 0.29) is 11.5 Å². The summed E-state index contributed by atoms with van der Waals surface area (Å²) in [5, 5.41) is 16.1. The first-order valence-corrected chi connectivity index (χ1v) is 8.71. The fourth-order valence-corrected chi connectivity index (χ4v) is 4.10. The Morgan fingerprint density at radius 2 is 2.29 bits per heavy atom. The van der Waals surface area contributed by atoms with Crippen LogP contribution in [0.15, 0.2) is 28.3 Å². The second-order valence-corrected chi connectivity index (χ2v) is 7.19. The van der Waals surface area contributed by atoms with Crippen LogP contribution in [0.1, 0.15) is 20.2 Å². The number of carbonyl (C=O) groups is 1. The molecule has 3 aromatic rings. The van der Waals surface area contributed by atoms with Crippen LogP contribution in [0.5, 0.6) is 5.75 Å². The van der Waals surface area contributed by atoms with Gasteiger partial charge in [0.05, 0.1) is 5.69 Å². The first-order valence-electron chi connectivity index (χ1n) is 6.07. The predicted octanol–water partition coefficient (Wildman–Crippen LogP) is 4.52. The summed E-state index contributed by atoms with van der Waals surface area (Å²) in [5.74, 6) is -0.546. The predicted molar refractivity (Wildman–Crippen MR) is 85.8 cm³/mol. The van der Waals surface area contributed by atoms with Gasteiger partial charge < -0.3 is 9.84 Å². The van der Waals surface area contributed by atoms with Gasteiger partial charge in [-0.15, -0.1) is 22.7 Å². The van der Waals surface area contributed by atoms with E-state index in [9.17, 15) is 4.79 Å². The molecule has 0 spiro atoms. The van der Waals surface area contributed by atoms with Crippen molar-refractivity contribution in [1.29, 1.82) is 0 Å². The van der Waals surface area contributed by atoms with Crippen molar-refractivity contribution in [2.75, 3.05) is 0 Å². The van der Waals surface area contributed by atoms with Gasteiger partial charge in [0.25, 0.3) is 0 Å². The SMILES string of the molecule is Cc1cc(OCc2csc(-c3ccsc3)n2)c(C(=O)O)s1. The van der Waals surface area contributed by atoms with Crippen LogP contribution in [0.4, 0.5) is 0 Å². The largest absolute Gasteiger partial charge is 0.485 e. The van der Waals surface area contributed by atoms with Gasteiger partial charge in [-0.3, -0.25) is 0 Å². The summed E-state index contributed by atoms with van der Waals surface area (Å²) >= 11 is 4.41. The van der Waals surface area contributed by atoms with Crippen molar-refractivity contribution in [3.05, 3.63) is 43.7 Å². The van der Waals surface area contributed by atoms with Crippen molar-refractivity contribution >= 4 is 40.0 Å². The van der Waals surface area contributed by atoms with Gasteiger partial charge in [-0.25, -0.2) is 9.78 Å². The van der Waals surface area contributed by atoms with Crippen molar-refractivity contribution in [2.24, 2.45) is 0 Å². The van der Waals surface area contributed by atoms with E-state index in [1.54, 1.807) is 28.7 Å². The zero-order chi connectivity index (χ0) is 14.8. The van der Waals surface area contributed by atoms with Gasteiger partial charge in [0, 0.05) is 21.2 Å². The topological polar surface area (TPSA) is 59.4 Å². The third kappa shape index (κ3) is 3.15. The molecule has 21 heavy (non-hydrogen) atoms. The first kappa shape index (κ1) is 14.2. The van der Waals surface area contributed by atoms with Crippen LogP contribution in [0.3, 0.4) is 0 Å². The third-order valence-corrected chi connectivity index (χ3v) is 5.35. The Hall–Kier alpha value is -1.70. The lowest BCUT2D eigenvalue weighted by Crippen LogP contribution is -2.00. The Labute approximate surface area is 133 Å². The van der Waals surface area contributed by atoms with E-state index in [0.29, 0.717) is 5.75 Å². The number of carboxylic acids is 1. The standard InChI is InChI=1S/C14H11NO3S3/c1-8-4-11(12(21-8)14(16)17)18-5-10-7-20-13(15-10)9-2-3-19-6-9/h2-4,6-7H,5H2,1H3,(H,16,17). The van der Waals surface area contributed by atoms with Crippen LogP contribution in [0, 0.1) is 6.92 Å². The minimum atomic E-state index is -0.958. The molecule has 0 amide bonds. The fourth-order valence-electron chi connectivity index (χ4n) is 1.79. The Morgan fingerprint density at radius 3 is 3.00 bits per heavy atom. The fraction of sp³-hybridized carbons (Fsp3) is 0.143. The van der Waals surface area contributed by atoms with Gasteiger partial charge in [-0.2, -0.15) is 11.3 Å². The quantitative estimate of drug-likeness (QED) is 0.743. The van der Waals surface area contributed by atoms with E-state index < -0.39 is 5.97 Å². The van der Waals surface area contributed by atoms with Crippen molar-refractivity contribution in [3.63, 3.8) is 0 Å². The zero-order valence-electron chi connectivity index (χ0n) is 11.0. The van der Waals surface area contributed by atoms with Gasteiger partial charge in [0.1, 0.15) is 17.4 Å². The molecule has 4 nitrogen and oxygen atoms in total. The zero-order valence-corrected chi connectivity index (χ0v) is 13.5. The van der Waals surface area contributed by atoms with E-state index >= 15 is 0 Å². The average Bonchev–Trinajstić information content (AvgIpc) is 3.16. The maximum absolute atomic E-state index is 11.1. The molecule has 1 N–H and O–H groups in total. The molecule has 3 heterocycles. The maximum atomic E-state index is 11.1. The highest BCUT2D eigenvalue weighted by molar-refractivity contribution is 7.14. The van der Waals surface area contributed by atoms with Crippen LogP contribution < -0.4 is 4.74 Å². The molecule has 0 saturated carbocycles. The highest BCUT2D eigenvalue weighted by atomic mass is 32.1. The molecule has 0 aliphatic carbocycles. The van der Waals surface area contributed by atoms with Crippen molar-refractivity contribution in [1.82, 2.24) is 4.98 Å². The first-order chi connectivity index (χ1) is 10.1. The number of aromatic nitrogens is 1. The molecule has 3 aromatic heterocycles. The molecule has 108 valence electrons. The normalized spacial score (nSPS) is 10.7. The average molecular weight is 337 g/mol. The van der Waals surface area contributed by atoms with Crippen LogP contribution in [0.2, 0.25) is 0 Å². The molecular formula is C14H11NO3S3. The second kappa shape index (κ2) is 5.97. The summed E-state index contributed by atoms with van der Waals surface area (Å²) < 4.78 is 5.61. The lowest BCUT2D eigenvalue weighted by molar-refractivity contribution is 0.0697. The molecule has 0 atom stereocenters. The van der Waals surface area contributed by atoms with Gasteiger partial charge >= 0.3 is 5.97 Å². The Bertz CT molecular complexity index is 758. The molecule has 0 aromatic carbocycles. The number of ether oxygens (including phenoxy) is 1. The van der Waals surface area contributed by atoms with Gasteiger partial charge in [-0.05, 0) is 24.4 Å². The van der Waals surface area contributed by atoms with E-state index in [1.165, 1.54) is 11.3 Å². The molecule has 3 rings (SSSR count). The molecule has 0 radical (unpaired) electrons. The van der Waals surface area contributed by atoms with E-state index in [0.717, 1.165) is 21.1 Å². The van der Waals surface area contributed by atoms with E-state index in [2.05, 4.69) is 4.98 Å². The van der Waals surface area contributed by atoms with Crippen molar-refractivity contribution in [3.8, 4) is 16.3 Å². The number of carboxylic acid groups (broad SMARTS) is 1. The summed E-state index contributed by atoms with van der Waals surface area (Å²) in [6.07, 6.45) is 0. The molecule has 7 heteroatoms. The van der Waals surface area contributed by atoms with Crippen molar-refractivity contribution in [2.45, 2.75) is 13.5 Å². The number of thiophene rings is 2. The monoisotopic (exact) mass is 337 g/mol. The van der Waals surface area contributed by atoms with E-state index in [1.807, 2.05) is 29.1 Å². The Balaban J connectivity index is 1.72. The molecule has 0 fully saturated rings. The summed E-state index contributed by atoms with van der Waals surface area (Å²) in [7, 11) is 0. The Kier molecular flexibility index (Phi) is 4.05. The number of thiazole rings is 1. The highest BCUT2D eigenvalue weighted by Crippen LogP contribution is 2.30. The number of aromatic carboxylic acids is 1. The number of rotatable bonds is 5. The minimum Gasteiger partial charge on any atom is -0.485 e. The van der Waals surface area contributed by atoms with Crippen molar-refractivity contribution < 1.29 is 14.6 Å². The number of aryl methyl sites for hydroxylation is 1. The lowest BCUT2D eigenvalue weighted by Gasteiger charge is -2.02. The van der Waals surface area contributed by atoms with E-state index in [4.69, 9.17) is 9.84 Å². The molecule has 0 saturated heterocycles. The van der Waals surface area contributed by atoms with Gasteiger partial charge in [0.2, 0.25) is 0 Å². The summed E-state index contributed by atoms with van der Waals surface area (Å²) in [6.45, 7) is 2.14. The molecular weight excluding hydrogens is 326 g/mol. The smallest absolute Gasteiger partial charge is 0.349 e. The Morgan fingerprint density at radius 1 is 1.43 bits per heavy atom. The highest BCUT2D eigenvalue weighted by Gasteiger charge is 2.16. The lowest BCUT2D eigenvalue weighted by atomic mass is 10.3. The molecule has 0 aliphatic rings. The summed E-state index contributed by atoms with van der Waals surface area (Å²) in [5.41, 5.74) is 1.91. The minimum absolute atomic E-state index is 0.237. The number of hydrogen-bond donors (Lipinski definition) is 1. The van der Waals surface area contributed by atoms with Crippen LogP contribution >= 0.6 is 34.0 Å². The maximum Gasteiger partial charge on any atom is 0.349 e. The summed E-state index contributed by atoms with van der Waals surface area (Å²) in [6, 6.07) is 3.78. The third-order valence-electron chi connectivity index (χ3n) is 2.71. The van der Waals surface area contributed by atoms with Crippen LogP contribution in [-0.2, 0) is 6.61 Å². The van der Waals surface area contributed by atoms with Gasteiger partial charge in [-0.1, -0.05) is 0 Å². The second-order valence-electron chi connectivity index (χ2n) is 4.30. The number of nitrogens with zero attached hydrogens (tertiary/aromatic N) is 1. The molecule has 0 unspecified atom stereocenters. The van der Waals surface area contributed by atoms with Crippen LogP contribution in [-0.4, -0.2) is 16.1 Å². The van der Waals surface area contributed by atoms with Crippen LogP contribution in [0.25, 0.3) is 10.6 Å². The molecule has 0 bridgehead atoms. The molecule has 0 aliphatic heterocycles.